The van der Waals surface area contributed by atoms with Crippen LogP contribution in [-0.4, -0.2) is 47.0 Å². The van der Waals surface area contributed by atoms with Crippen molar-refractivity contribution in [2.45, 2.75) is 33.0 Å². The Morgan fingerprint density at radius 1 is 1.11 bits per heavy atom. The molecule has 1 aromatic heterocycles. The van der Waals surface area contributed by atoms with Gasteiger partial charge >= 0.3 is 11.8 Å². The number of carbonyl (C=O) groups is 2. The zero-order valence-corrected chi connectivity index (χ0v) is 15.6. The third-order valence-electron chi connectivity index (χ3n) is 4.14. The Morgan fingerprint density at radius 2 is 1.78 bits per heavy atom. The van der Waals surface area contributed by atoms with Crippen LogP contribution in [0.1, 0.15) is 19.4 Å². The van der Waals surface area contributed by atoms with Gasteiger partial charge in [-0.1, -0.05) is 17.7 Å². The van der Waals surface area contributed by atoms with Gasteiger partial charge in [-0.3, -0.25) is 9.59 Å². The van der Waals surface area contributed by atoms with E-state index in [-0.39, 0.29) is 12.2 Å². The summed E-state index contributed by atoms with van der Waals surface area (Å²) in [6.07, 6.45) is 1.27. The maximum Gasteiger partial charge on any atom is 0.313 e. The number of nitrogens with one attached hydrogen (secondary N) is 1. The van der Waals surface area contributed by atoms with Crippen molar-refractivity contribution >= 4 is 17.5 Å². The summed E-state index contributed by atoms with van der Waals surface area (Å²) in [7, 11) is 0. The first-order chi connectivity index (χ1) is 12.9. The van der Waals surface area contributed by atoms with Gasteiger partial charge in [-0.05, 0) is 39.0 Å². The summed E-state index contributed by atoms with van der Waals surface area (Å²) < 4.78 is 11.2. The van der Waals surface area contributed by atoms with E-state index in [2.05, 4.69) is 10.3 Å². The Kier molecular flexibility index (Phi) is 5.71. The highest BCUT2D eigenvalue weighted by atomic mass is 16.5. The molecule has 2 amide bonds. The number of carbonyl (C=O) groups excluding carboxylic acids is 2. The standard InChI is InChI=1S/C20H23N3O4/c1-13-4-7-17(8-5-13)27-18-9-6-16(10-21-18)22-19(24)20(25)23-11-14(2)26-15(3)12-23/h4-10,14-15H,11-12H2,1-3H3,(H,22,24)/t14-,15-/m0/s1. The fourth-order valence-corrected chi connectivity index (χ4v) is 2.91. The van der Waals surface area contributed by atoms with Gasteiger partial charge < -0.3 is 19.7 Å². The van der Waals surface area contributed by atoms with Gasteiger partial charge in [0.1, 0.15) is 5.75 Å². The Hall–Kier alpha value is -2.93. The van der Waals surface area contributed by atoms with Gasteiger partial charge in [0.25, 0.3) is 0 Å². The van der Waals surface area contributed by atoms with E-state index in [9.17, 15) is 9.59 Å². The first-order valence-corrected chi connectivity index (χ1v) is 8.87. The zero-order valence-electron chi connectivity index (χ0n) is 15.6. The molecule has 0 spiro atoms. The minimum atomic E-state index is -0.690. The molecule has 7 heteroatoms. The summed E-state index contributed by atoms with van der Waals surface area (Å²) in [5.74, 6) is -0.183. The topological polar surface area (TPSA) is 80.8 Å². The van der Waals surface area contributed by atoms with E-state index in [1.807, 2.05) is 45.0 Å². The van der Waals surface area contributed by atoms with Crippen LogP contribution in [0.2, 0.25) is 0 Å². The van der Waals surface area contributed by atoms with Crippen LogP contribution in [0.3, 0.4) is 0 Å². The number of aryl methyl sites for hydroxylation is 1. The predicted octanol–water partition coefficient (Wildman–Crippen LogP) is 2.76. The first-order valence-electron chi connectivity index (χ1n) is 8.87. The molecule has 0 radical (unpaired) electrons. The fraction of sp³-hybridized carbons (Fsp3) is 0.350. The van der Waals surface area contributed by atoms with Gasteiger partial charge in [0.05, 0.1) is 24.1 Å². The molecule has 2 aromatic rings. The molecule has 0 aliphatic carbocycles. The molecule has 1 N–H and O–H groups in total. The van der Waals surface area contributed by atoms with Crippen LogP contribution >= 0.6 is 0 Å². The van der Waals surface area contributed by atoms with Crippen LogP contribution in [0.5, 0.6) is 11.6 Å². The Morgan fingerprint density at radius 3 is 2.37 bits per heavy atom. The number of nitrogens with zero attached hydrogens (tertiary/aromatic N) is 2. The van der Waals surface area contributed by atoms with E-state index in [1.54, 1.807) is 12.1 Å². The average Bonchev–Trinajstić information content (AvgIpc) is 2.63. The van der Waals surface area contributed by atoms with Crippen LogP contribution in [0, 0.1) is 6.92 Å². The van der Waals surface area contributed by atoms with Gasteiger partial charge in [0, 0.05) is 19.2 Å². The largest absolute Gasteiger partial charge is 0.439 e. The van der Waals surface area contributed by atoms with E-state index in [4.69, 9.17) is 9.47 Å². The third-order valence-corrected chi connectivity index (χ3v) is 4.14. The molecule has 1 aromatic carbocycles. The van der Waals surface area contributed by atoms with Crippen molar-refractivity contribution in [3.05, 3.63) is 48.2 Å². The van der Waals surface area contributed by atoms with Crippen molar-refractivity contribution in [1.29, 1.82) is 0 Å². The highest BCUT2D eigenvalue weighted by molar-refractivity contribution is 6.39. The van der Waals surface area contributed by atoms with Gasteiger partial charge in [-0.2, -0.15) is 0 Å². The molecule has 142 valence electrons. The van der Waals surface area contributed by atoms with Crippen molar-refractivity contribution in [2.75, 3.05) is 18.4 Å². The molecular weight excluding hydrogens is 346 g/mol. The van der Waals surface area contributed by atoms with E-state index in [0.717, 1.165) is 5.56 Å². The molecule has 3 rings (SSSR count). The molecule has 1 saturated heterocycles. The molecule has 7 nitrogen and oxygen atoms in total. The number of pyridine rings is 1. The number of aromatic nitrogens is 1. The van der Waals surface area contributed by atoms with Gasteiger partial charge in [0.2, 0.25) is 5.88 Å². The number of benzene rings is 1. The van der Waals surface area contributed by atoms with Crippen molar-refractivity contribution in [1.82, 2.24) is 9.88 Å². The second kappa shape index (κ2) is 8.18. The molecule has 1 fully saturated rings. The summed E-state index contributed by atoms with van der Waals surface area (Å²) in [4.78, 5) is 30.2. The third kappa shape index (κ3) is 5.04. The molecule has 27 heavy (non-hydrogen) atoms. The fourth-order valence-electron chi connectivity index (χ4n) is 2.91. The number of rotatable bonds is 3. The van der Waals surface area contributed by atoms with Gasteiger partial charge in [0.15, 0.2) is 0 Å². The summed E-state index contributed by atoms with van der Waals surface area (Å²) in [5, 5.41) is 2.58. The van der Waals surface area contributed by atoms with Crippen molar-refractivity contribution in [3.63, 3.8) is 0 Å². The van der Waals surface area contributed by atoms with Crippen LogP contribution in [0.4, 0.5) is 5.69 Å². The molecule has 0 unspecified atom stereocenters. The number of ether oxygens (including phenoxy) is 2. The lowest BCUT2D eigenvalue weighted by Gasteiger charge is -2.34. The molecule has 0 bridgehead atoms. The average molecular weight is 369 g/mol. The molecule has 2 atom stereocenters. The monoisotopic (exact) mass is 369 g/mol. The predicted molar refractivity (Wildman–Crippen MR) is 101 cm³/mol. The van der Waals surface area contributed by atoms with Gasteiger partial charge in [-0.15, -0.1) is 0 Å². The van der Waals surface area contributed by atoms with Crippen LogP contribution in [-0.2, 0) is 14.3 Å². The molecule has 0 saturated carbocycles. The quantitative estimate of drug-likeness (QED) is 0.842. The van der Waals surface area contributed by atoms with Crippen molar-refractivity contribution in [2.24, 2.45) is 0 Å². The summed E-state index contributed by atoms with van der Waals surface area (Å²) in [6.45, 7) is 6.56. The van der Waals surface area contributed by atoms with E-state index < -0.39 is 11.8 Å². The highest BCUT2D eigenvalue weighted by Crippen LogP contribution is 2.21. The van der Waals surface area contributed by atoms with Crippen molar-refractivity contribution < 1.29 is 19.1 Å². The molecule has 1 aliphatic rings. The number of hydrogen-bond acceptors (Lipinski definition) is 5. The zero-order chi connectivity index (χ0) is 19.4. The lowest BCUT2D eigenvalue weighted by atomic mass is 10.2. The van der Waals surface area contributed by atoms with E-state index in [1.165, 1.54) is 11.1 Å². The summed E-state index contributed by atoms with van der Waals surface area (Å²) >= 11 is 0. The molecule has 2 heterocycles. The minimum Gasteiger partial charge on any atom is -0.439 e. The Labute approximate surface area is 158 Å². The smallest absolute Gasteiger partial charge is 0.313 e. The molecule has 1 aliphatic heterocycles. The number of amides is 2. The lowest BCUT2D eigenvalue weighted by Crippen LogP contribution is -2.51. The summed E-state index contributed by atoms with van der Waals surface area (Å²) in [5.41, 5.74) is 1.57. The van der Waals surface area contributed by atoms with E-state index in [0.29, 0.717) is 30.4 Å². The molecular formula is C20H23N3O4. The maximum absolute atomic E-state index is 12.3. The van der Waals surface area contributed by atoms with E-state index >= 15 is 0 Å². The SMILES string of the molecule is Cc1ccc(Oc2ccc(NC(=O)C(=O)N3C[C@H](C)O[C@@H](C)C3)cn2)cc1. The summed E-state index contributed by atoms with van der Waals surface area (Å²) in [6, 6.07) is 10.9. The Balaban J connectivity index is 1.58. The van der Waals surface area contributed by atoms with Crippen LogP contribution < -0.4 is 10.1 Å². The minimum absolute atomic E-state index is 0.0922. The second-order valence-electron chi connectivity index (χ2n) is 6.72. The first kappa shape index (κ1) is 18.8. The number of morpholine rings is 1. The normalized spacial score (nSPS) is 19.4. The second-order valence-corrected chi connectivity index (χ2v) is 6.72. The number of hydrogen-bond donors (Lipinski definition) is 1. The van der Waals surface area contributed by atoms with Crippen LogP contribution in [0.25, 0.3) is 0 Å². The Bertz CT molecular complexity index is 795. The highest BCUT2D eigenvalue weighted by Gasteiger charge is 2.29. The van der Waals surface area contributed by atoms with Crippen molar-refractivity contribution in [3.8, 4) is 11.6 Å². The number of anilines is 1. The van der Waals surface area contributed by atoms with Crippen LogP contribution in [0.15, 0.2) is 42.6 Å². The maximum atomic E-state index is 12.3. The lowest BCUT2D eigenvalue weighted by molar-refractivity contribution is -0.151. The van der Waals surface area contributed by atoms with Gasteiger partial charge in [-0.25, -0.2) is 4.98 Å².